The highest BCUT2D eigenvalue weighted by Crippen LogP contribution is 2.27. The highest BCUT2D eigenvalue weighted by Gasteiger charge is 2.22. The predicted molar refractivity (Wildman–Crippen MR) is 97.0 cm³/mol. The monoisotopic (exact) mass is 417 g/mol. The summed E-state index contributed by atoms with van der Waals surface area (Å²) in [7, 11) is 0. The Morgan fingerprint density at radius 3 is 2.67 bits per heavy atom. The van der Waals surface area contributed by atoms with Crippen molar-refractivity contribution in [3.05, 3.63) is 27.6 Å². The maximum absolute atomic E-state index is 6.36. The minimum atomic E-state index is -0.0687. The van der Waals surface area contributed by atoms with Crippen molar-refractivity contribution in [3.8, 4) is 0 Å². The maximum Gasteiger partial charge on any atom is 0.127 e. The molecule has 5 heteroatoms. The van der Waals surface area contributed by atoms with Gasteiger partial charge in [-0.25, -0.2) is 4.98 Å². The highest BCUT2D eigenvalue weighted by molar-refractivity contribution is 14.1. The van der Waals surface area contributed by atoms with Crippen LogP contribution in [0.25, 0.3) is 11.0 Å². The first-order chi connectivity index (χ1) is 10.1. The average molecular weight is 418 g/mol. The summed E-state index contributed by atoms with van der Waals surface area (Å²) < 4.78 is 3.53. The van der Waals surface area contributed by atoms with Crippen molar-refractivity contribution in [1.82, 2.24) is 14.5 Å². The van der Waals surface area contributed by atoms with Gasteiger partial charge in [0.05, 0.1) is 16.4 Å². The van der Waals surface area contributed by atoms with Crippen molar-refractivity contribution in [1.29, 1.82) is 0 Å². The molecule has 0 saturated carbocycles. The highest BCUT2D eigenvalue weighted by atomic mass is 127. The molecule has 0 spiro atoms. The van der Waals surface area contributed by atoms with E-state index < -0.39 is 0 Å². The Hall–Kier alpha value is -0.330. The number of rotatable bonds is 4. The Balaban J connectivity index is 1.96. The summed E-state index contributed by atoms with van der Waals surface area (Å²) in [5.41, 5.74) is 2.25. The fourth-order valence-corrected chi connectivity index (χ4v) is 3.82. The van der Waals surface area contributed by atoms with Gasteiger partial charge in [-0.2, -0.15) is 0 Å². The molecular weight excluding hydrogens is 397 g/mol. The number of hydrogen-bond donors (Lipinski definition) is 0. The second-order valence-corrected chi connectivity index (χ2v) is 7.82. The Morgan fingerprint density at radius 2 is 2.00 bits per heavy atom. The minimum absolute atomic E-state index is 0.0687. The topological polar surface area (TPSA) is 21.1 Å². The summed E-state index contributed by atoms with van der Waals surface area (Å²) in [4.78, 5) is 7.33. The zero-order chi connectivity index (χ0) is 15.0. The van der Waals surface area contributed by atoms with Gasteiger partial charge < -0.3 is 4.57 Å². The van der Waals surface area contributed by atoms with Crippen LogP contribution in [-0.2, 0) is 6.54 Å². The molecule has 0 N–H and O–H groups in total. The Bertz CT molecular complexity index is 632. The van der Waals surface area contributed by atoms with Crippen molar-refractivity contribution >= 4 is 45.2 Å². The van der Waals surface area contributed by atoms with Crippen LogP contribution >= 0.6 is 34.2 Å². The molecule has 1 saturated heterocycles. The molecule has 3 nitrogen and oxygen atoms in total. The van der Waals surface area contributed by atoms with Crippen LogP contribution in [0.15, 0.2) is 18.2 Å². The van der Waals surface area contributed by atoms with E-state index in [1.807, 2.05) is 6.92 Å². The van der Waals surface area contributed by atoms with Crippen LogP contribution in [-0.4, -0.2) is 33.6 Å². The molecule has 1 aromatic carbocycles. The van der Waals surface area contributed by atoms with E-state index >= 15 is 0 Å². The molecule has 2 atom stereocenters. The number of hydrogen-bond acceptors (Lipinski definition) is 2. The minimum Gasteiger partial charge on any atom is -0.325 e. The Kier molecular flexibility index (Phi) is 4.76. The molecule has 2 aromatic rings. The molecule has 0 bridgehead atoms. The van der Waals surface area contributed by atoms with Crippen LogP contribution in [0.3, 0.4) is 0 Å². The van der Waals surface area contributed by atoms with Crippen LogP contribution < -0.4 is 0 Å². The SMILES string of the molecule is CC(Cl)c1nc2cc(I)ccc2n1CC(C)N1CCCC1. The fraction of sp³-hybridized carbons (Fsp3) is 0.562. The molecule has 114 valence electrons. The standard InChI is InChI=1S/C16H21ClIN3/c1-11(20-7-3-4-8-20)10-21-15-6-5-13(18)9-14(15)19-16(21)12(2)17/h5-6,9,11-12H,3-4,7-8,10H2,1-2H3. The Labute approximate surface area is 144 Å². The van der Waals surface area contributed by atoms with Gasteiger partial charge in [0.1, 0.15) is 5.82 Å². The number of benzene rings is 1. The van der Waals surface area contributed by atoms with Gasteiger partial charge in [0.15, 0.2) is 0 Å². The lowest BCUT2D eigenvalue weighted by Crippen LogP contribution is -2.34. The number of nitrogens with zero attached hydrogens (tertiary/aromatic N) is 3. The van der Waals surface area contributed by atoms with E-state index in [1.165, 1.54) is 35.0 Å². The van der Waals surface area contributed by atoms with Crippen molar-refractivity contribution in [2.45, 2.75) is 44.7 Å². The Morgan fingerprint density at radius 1 is 1.29 bits per heavy atom. The molecule has 1 aliphatic rings. The molecule has 21 heavy (non-hydrogen) atoms. The zero-order valence-electron chi connectivity index (χ0n) is 12.5. The van der Waals surface area contributed by atoms with Crippen LogP contribution in [0.5, 0.6) is 0 Å². The van der Waals surface area contributed by atoms with E-state index in [0.717, 1.165) is 17.9 Å². The molecule has 0 amide bonds. The summed E-state index contributed by atoms with van der Waals surface area (Å²) in [6, 6.07) is 6.97. The number of aromatic nitrogens is 2. The second-order valence-electron chi connectivity index (χ2n) is 5.92. The van der Waals surface area contributed by atoms with Crippen molar-refractivity contribution < 1.29 is 0 Å². The van der Waals surface area contributed by atoms with E-state index in [9.17, 15) is 0 Å². The van der Waals surface area contributed by atoms with Crippen LogP contribution in [0, 0.1) is 3.57 Å². The predicted octanol–water partition coefficient (Wildman–Crippen LogP) is 4.43. The number of likely N-dealkylation sites (tertiary alicyclic amines) is 1. The summed E-state index contributed by atoms with van der Waals surface area (Å²) >= 11 is 8.70. The quantitative estimate of drug-likeness (QED) is 0.542. The molecule has 1 aromatic heterocycles. The molecule has 0 aliphatic carbocycles. The van der Waals surface area contributed by atoms with Gasteiger partial charge in [0, 0.05) is 16.2 Å². The first-order valence-electron chi connectivity index (χ1n) is 7.60. The van der Waals surface area contributed by atoms with E-state index in [1.54, 1.807) is 0 Å². The number of halogens is 2. The zero-order valence-corrected chi connectivity index (χ0v) is 15.4. The third kappa shape index (κ3) is 3.22. The third-order valence-electron chi connectivity index (χ3n) is 4.31. The van der Waals surface area contributed by atoms with Crippen molar-refractivity contribution in [3.63, 3.8) is 0 Å². The van der Waals surface area contributed by atoms with Crippen molar-refractivity contribution in [2.75, 3.05) is 13.1 Å². The average Bonchev–Trinajstić information content (AvgIpc) is 3.06. The van der Waals surface area contributed by atoms with Crippen LogP contribution in [0.1, 0.15) is 37.9 Å². The lowest BCUT2D eigenvalue weighted by Gasteiger charge is -2.25. The summed E-state index contributed by atoms with van der Waals surface area (Å²) in [6.45, 7) is 7.72. The van der Waals surface area contributed by atoms with Crippen LogP contribution in [0.4, 0.5) is 0 Å². The second kappa shape index (κ2) is 6.42. The molecule has 1 fully saturated rings. The molecule has 2 heterocycles. The maximum atomic E-state index is 6.36. The smallest absolute Gasteiger partial charge is 0.127 e. The first kappa shape index (κ1) is 15.6. The summed E-state index contributed by atoms with van der Waals surface area (Å²) in [5.74, 6) is 0.986. The van der Waals surface area contributed by atoms with Gasteiger partial charge in [-0.05, 0) is 80.6 Å². The van der Waals surface area contributed by atoms with Gasteiger partial charge >= 0.3 is 0 Å². The summed E-state index contributed by atoms with van der Waals surface area (Å²) in [6.07, 6.45) is 2.65. The normalized spacial score (nSPS) is 19.2. The van der Waals surface area contributed by atoms with Gasteiger partial charge in [-0.3, -0.25) is 4.90 Å². The molecule has 2 unspecified atom stereocenters. The number of alkyl halides is 1. The van der Waals surface area contributed by atoms with Gasteiger partial charge in [0.2, 0.25) is 0 Å². The molecule has 1 aliphatic heterocycles. The van der Waals surface area contributed by atoms with E-state index in [0.29, 0.717) is 6.04 Å². The molecular formula is C16H21ClIN3. The van der Waals surface area contributed by atoms with E-state index in [4.69, 9.17) is 16.6 Å². The van der Waals surface area contributed by atoms with Crippen LogP contribution in [0.2, 0.25) is 0 Å². The van der Waals surface area contributed by atoms with Gasteiger partial charge in [-0.1, -0.05) is 0 Å². The molecule has 0 radical (unpaired) electrons. The third-order valence-corrected chi connectivity index (χ3v) is 5.17. The number of imidazole rings is 1. The molecule has 3 rings (SSSR count). The van der Waals surface area contributed by atoms with E-state index in [-0.39, 0.29) is 5.38 Å². The fourth-order valence-electron chi connectivity index (χ4n) is 3.18. The largest absolute Gasteiger partial charge is 0.325 e. The lowest BCUT2D eigenvalue weighted by atomic mass is 10.2. The van der Waals surface area contributed by atoms with Gasteiger partial charge in [0.25, 0.3) is 0 Å². The lowest BCUT2D eigenvalue weighted by molar-refractivity contribution is 0.236. The first-order valence-corrected chi connectivity index (χ1v) is 9.11. The number of fused-ring (bicyclic) bond motifs is 1. The van der Waals surface area contributed by atoms with Gasteiger partial charge in [-0.15, -0.1) is 11.6 Å². The van der Waals surface area contributed by atoms with Crippen molar-refractivity contribution in [2.24, 2.45) is 0 Å². The van der Waals surface area contributed by atoms with E-state index in [2.05, 4.69) is 57.2 Å². The summed E-state index contributed by atoms with van der Waals surface area (Å²) in [5, 5.41) is -0.0687.